The average molecular weight is 215 g/mol. The summed E-state index contributed by atoms with van der Waals surface area (Å²) in [5, 5.41) is 0. The van der Waals surface area contributed by atoms with E-state index >= 15 is 0 Å². The Morgan fingerprint density at radius 3 is 3.07 bits per heavy atom. The number of morpholine rings is 1. The monoisotopic (exact) mass is 215 g/mol. The van der Waals surface area contributed by atoms with E-state index in [0.717, 1.165) is 26.2 Å². The first-order valence-electron chi connectivity index (χ1n) is 5.48. The number of carbonyl (C=O) groups is 1. The van der Waals surface area contributed by atoms with Crippen molar-refractivity contribution < 1.29 is 9.53 Å². The van der Waals surface area contributed by atoms with Crippen LogP contribution >= 0.6 is 0 Å². The van der Waals surface area contributed by atoms with Crippen molar-refractivity contribution in [2.24, 2.45) is 5.84 Å². The smallest absolute Gasteiger partial charge is 0.233 e. The van der Waals surface area contributed by atoms with Gasteiger partial charge in [-0.3, -0.25) is 15.1 Å². The molecule has 0 aromatic heterocycles. The van der Waals surface area contributed by atoms with Crippen LogP contribution in [-0.4, -0.2) is 42.6 Å². The fourth-order valence-corrected chi connectivity index (χ4v) is 1.97. The molecule has 1 rings (SSSR count). The predicted molar refractivity (Wildman–Crippen MR) is 58.0 cm³/mol. The number of nitrogens with zero attached hydrogens (tertiary/aromatic N) is 1. The number of carbonyl (C=O) groups excluding carboxylic acids is 1. The van der Waals surface area contributed by atoms with E-state index in [4.69, 9.17) is 10.6 Å². The van der Waals surface area contributed by atoms with Crippen LogP contribution in [0.25, 0.3) is 0 Å². The molecule has 0 aliphatic carbocycles. The summed E-state index contributed by atoms with van der Waals surface area (Å²) in [4.78, 5) is 13.4. The number of nitrogens with one attached hydrogen (secondary N) is 1. The first-order valence-corrected chi connectivity index (χ1v) is 5.48. The van der Waals surface area contributed by atoms with Crippen LogP contribution in [0.4, 0.5) is 0 Å². The normalized spacial score (nSPS) is 24.9. The highest BCUT2D eigenvalue weighted by molar-refractivity contribution is 5.75. The van der Waals surface area contributed by atoms with E-state index in [1.807, 2.05) is 0 Å². The molecule has 0 aromatic rings. The molecule has 0 spiro atoms. The molecule has 5 heteroatoms. The second-order valence-corrected chi connectivity index (χ2v) is 4.12. The van der Waals surface area contributed by atoms with Crippen molar-refractivity contribution in [1.29, 1.82) is 0 Å². The van der Waals surface area contributed by atoms with E-state index in [9.17, 15) is 4.79 Å². The van der Waals surface area contributed by atoms with E-state index in [0.29, 0.717) is 18.5 Å². The molecule has 0 radical (unpaired) electrons. The molecule has 2 atom stereocenters. The largest absolute Gasteiger partial charge is 0.379 e. The molecule has 0 aromatic carbocycles. The summed E-state index contributed by atoms with van der Waals surface area (Å²) in [5.41, 5.74) is 2.15. The van der Waals surface area contributed by atoms with E-state index in [1.54, 1.807) is 0 Å². The van der Waals surface area contributed by atoms with Gasteiger partial charge in [-0.15, -0.1) is 0 Å². The van der Waals surface area contributed by atoms with Gasteiger partial charge in [0.15, 0.2) is 0 Å². The van der Waals surface area contributed by atoms with Crippen LogP contribution in [0.15, 0.2) is 0 Å². The van der Waals surface area contributed by atoms with Crippen LogP contribution in [0.1, 0.15) is 26.7 Å². The van der Waals surface area contributed by atoms with Crippen LogP contribution in [0, 0.1) is 0 Å². The summed E-state index contributed by atoms with van der Waals surface area (Å²) >= 11 is 0. The van der Waals surface area contributed by atoms with Gasteiger partial charge < -0.3 is 4.74 Å². The maximum Gasteiger partial charge on any atom is 0.233 e. The third-order valence-corrected chi connectivity index (χ3v) is 2.94. The van der Waals surface area contributed by atoms with Crippen LogP contribution in [0.2, 0.25) is 0 Å². The molecule has 1 aliphatic rings. The molecule has 1 heterocycles. The number of amides is 1. The highest BCUT2D eigenvalue weighted by atomic mass is 16.5. The van der Waals surface area contributed by atoms with Crippen LogP contribution in [0.3, 0.4) is 0 Å². The zero-order valence-corrected chi connectivity index (χ0v) is 9.53. The fourth-order valence-electron chi connectivity index (χ4n) is 1.97. The molecule has 15 heavy (non-hydrogen) atoms. The van der Waals surface area contributed by atoms with E-state index in [1.165, 1.54) is 0 Å². The minimum absolute atomic E-state index is 0.0947. The fraction of sp³-hybridized carbons (Fsp3) is 0.900. The summed E-state index contributed by atoms with van der Waals surface area (Å²) < 4.78 is 5.37. The number of hydrazine groups is 1. The third kappa shape index (κ3) is 3.77. The quantitative estimate of drug-likeness (QED) is 0.389. The van der Waals surface area contributed by atoms with Gasteiger partial charge >= 0.3 is 0 Å². The Kier molecular flexibility index (Phi) is 5.01. The molecule has 2 unspecified atom stereocenters. The van der Waals surface area contributed by atoms with Crippen molar-refractivity contribution in [2.75, 3.05) is 19.8 Å². The van der Waals surface area contributed by atoms with Gasteiger partial charge in [0.1, 0.15) is 0 Å². The maximum absolute atomic E-state index is 11.0. The lowest BCUT2D eigenvalue weighted by Crippen LogP contribution is -2.48. The van der Waals surface area contributed by atoms with E-state index in [2.05, 4.69) is 24.2 Å². The molecule has 1 aliphatic heterocycles. The van der Waals surface area contributed by atoms with Crippen molar-refractivity contribution in [3.63, 3.8) is 0 Å². The second kappa shape index (κ2) is 6.05. The Morgan fingerprint density at radius 2 is 2.47 bits per heavy atom. The molecule has 3 N–H and O–H groups in total. The molecule has 0 saturated carbocycles. The average Bonchev–Trinajstić information content (AvgIpc) is 2.26. The van der Waals surface area contributed by atoms with Gasteiger partial charge in [0.05, 0.1) is 13.2 Å². The van der Waals surface area contributed by atoms with Gasteiger partial charge in [-0.2, -0.15) is 0 Å². The molecular formula is C10H21N3O2. The summed E-state index contributed by atoms with van der Waals surface area (Å²) in [6, 6.07) is 0.843. The number of ether oxygens (including phenoxy) is 1. The second-order valence-electron chi connectivity index (χ2n) is 4.12. The maximum atomic E-state index is 11.0. The summed E-state index contributed by atoms with van der Waals surface area (Å²) in [6.07, 6.45) is 1.33. The van der Waals surface area contributed by atoms with Crippen molar-refractivity contribution in [1.82, 2.24) is 10.3 Å². The first kappa shape index (κ1) is 12.4. The van der Waals surface area contributed by atoms with E-state index < -0.39 is 0 Å². The topological polar surface area (TPSA) is 67.6 Å². The Balaban J connectivity index is 2.31. The van der Waals surface area contributed by atoms with Gasteiger partial charge in [0.25, 0.3) is 0 Å². The lowest BCUT2D eigenvalue weighted by atomic mass is 10.1. The molecule has 1 amide bonds. The summed E-state index contributed by atoms with van der Waals surface area (Å²) in [6.45, 7) is 6.82. The molecular weight excluding hydrogens is 194 g/mol. The van der Waals surface area contributed by atoms with Gasteiger partial charge in [-0.25, -0.2) is 5.84 Å². The SMILES string of the molecule is CC(CCC(=O)NN)N1CCOCC1C. The van der Waals surface area contributed by atoms with Crippen molar-refractivity contribution in [3.8, 4) is 0 Å². The lowest BCUT2D eigenvalue weighted by molar-refractivity contribution is -0.121. The zero-order chi connectivity index (χ0) is 11.3. The Hall–Kier alpha value is -0.650. The van der Waals surface area contributed by atoms with E-state index in [-0.39, 0.29) is 5.91 Å². The molecule has 1 saturated heterocycles. The van der Waals surface area contributed by atoms with Crippen LogP contribution in [0.5, 0.6) is 0 Å². The van der Waals surface area contributed by atoms with Crippen LogP contribution < -0.4 is 11.3 Å². The van der Waals surface area contributed by atoms with Gasteiger partial charge in [0.2, 0.25) is 5.91 Å². The Bertz CT molecular complexity index is 211. The molecule has 0 bridgehead atoms. The van der Waals surface area contributed by atoms with Crippen molar-refractivity contribution in [3.05, 3.63) is 0 Å². The Morgan fingerprint density at radius 1 is 1.73 bits per heavy atom. The standard InChI is InChI=1S/C10H21N3O2/c1-8(3-4-10(14)12-11)13-5-6-15-7-9(13)2/h8-9H,3-7,11H2,1-2H3,(H,12,14). The first-order chi connectivity index (χ1) is 7.15. The van der Waals surface area contributed by atoms with Gasteiger partial charge in [0, 0.05) is 25.0 Å². The lowest BCUT2D eigenvalue weighted by Gasteiger charge is -2.37. The predicted octanol–water partition coefficient (Wildman–Crippen LogP) is -0.134. The van der Waals surface area contributed by atoms with Gasteiger partial charge in [-0.05, 0) is 20.3 Å². The highest BCUT2D eigenvalue weighted by Crippen LogP contribution is 2.14. The molecule has 5 nitrogen and oxygen atoms in total. The van der Waals surface area contributed by atoms with Crippen molar-refractivity contribution in [2.45, 2.75) is 38.8 Å². The third-order valence-electron chi connectivity index (χ3n) is 2.94. The van der Waals surface area contributed by atoms with Gasteiger partial charge in [-0.1, -0.05) is 0 Å². The number of nitrogens with two attached hydrogens (primary N) is 1. The molecule has 88 valence electrons. The number of hydrogen-bond donors (Lipinski definition) is 2. The minimum Gasteiger partial charge on any atom is -0.379 e. The Labute approximate surface area is 90.9 Å². The number of rotatable bonds is 4. The summed E-state index contributed by atoms with van der Waals surface area (Å²) in [5.74, 6) is 4.94. The minimum atomic E-state index is -0.0947. The number of hydrogen-bond acceptors (Lipinski definition) is 4. The highest BCUT2D eigenvalue weighted by Gasteiger charge is 2.23. The summed E-state index contributed by atoms with van der Waals surface area (Å²) in [7, 11) is 0. The van der Waals surface area contributed by atoms with Crippen molar-refractivity contribution >= 4 is 5.91 Å². The zero-order valence-electron chi connectivity index (χ0n) is 9.53. The van der Waals surface area contributed by atoms with Crippen LogP contribution in [-0.2, 0) is 9.53 Å². The molecule has 1 fully saturated rings.